The number of nitrogens with zero attached hydrogens (tertiary/aromatic N) is 3. The first-order chi connectivity index (χ1) is 23.0. The number of amides is 1. The van der Waals surface area contributed by atoms with E-state index in [0.29, 0.717) is 11.4 Å². The lowest BCUT2D eigenvalue weighted by Crippen LogP contribution is -2.42. The largest absolute Gasteiger partial charge is 0.481 e. The molecule has 0 aliphatic carbocycles. The molecule has 3 heterocycles. The van der Waals surface area contributed by atoms with E-state index in [9.17, 15) is 33.6 Å². The number of cyclic esters (lactones) is 2. The van der Waals surface area contributed by atoms with E-state index in [2.05, 4.69) is 35.3 Å². The predicted octanol–water partition coefficient (Wildman–Crippen LogP) is 0.581. The summed E-state index contributed by atoms with van der Waals surface area (Å²) in [5.74, 6) is -5.49. The fourth-order valence-electron chi connectivity index (χ4n) is 4.42. The van der Waals surface area contributed by atoms with Gasteiger partial charge in [0.15, 0.2) is 11.2 Å². The summed E-state index contributed by atoms with van der Waals surface area (Å²) in [5.41, 5.74) is 6.18. The molecule has 2 aromatic heterocycles. The van der Waals surface area contributed by atoms with E-state index in [1.54, 1.807) is 12.1 Å². The normalized spacial score (nSPS) is 12.5. The highest BCUT2D eigenvalue weighted by Crippen LogP contribution is 2.21. The van der Waals surface area contributed by atoms with Gasteiger partial charge in [-0.15, -0.1) is 0 Å². The maximum atomic E-state index is 12.9. The Kier molecular flexibility index (Phi) is 9.63. The molecule has 5 rings (SSSR count). The number of hydrogen-bond donors (Lipinski definition) is 5. The minimum atomic E-state index is -1.33. The number of carboxylic acids is 1. The molecule has 6 N–H and O–H groups in total. The number of aromatic amines is 1. The quantitative estimate of drug-likeness (QED) is 0.0568. The third-order valence-electron chi connectivity index (χ3n) is 6.78. The second-order valence-electron chi connectivity index (χ2n) is 10.1. The van der Waals surface area contributed by atoms with E-state index >= 15 is 0 Å². The van der Waals surface area contributed by atoms with Crippen LogP contribution in [0.4, 0.5) is 11.6 Å². The van der Waals surface area contributed by atoms with Gasteiger partial charge >= 0.3 is 29.8 Å². The van der Waals surface area contributed by atoms with Crippen LogP contribution in [-0.2, 0) is 30.3 Å². The summed E-state index contributed by atoms with van der Waals surface area (Å²) in [6.45, 7) is -0.637. The number of carboxylic acid groups (broad SMARTS) is 1. The molecule has 48 heavy (non-hydrogen) atoms. The number of carbonyl (C=O) groups is 6. The number of benzene rings is 2. The Labute approximate surface area is 268 Å². The first-order valence-corrected chi connectivity index (χ1v) is 14.1. The summed E-state index contributed by atoms with van der Waals surface area (Å²) in [7, 11) is 0. The molecule has 0 bridgehead atoms. The third-order valence-corrected chi connectivity index (χ3v) is 6.78. The van der Waals surface area contributed by atoms with Crippen LogP contribution in [0.3, 0.4) is 0 Å². The van der Waals surface area contributed by atoms with Crippen molar-refractivity contribution in [3.8, 4) is 0 Å². The molecule has 246 valence electrons. The van der Waals surface area contributed by atoms with Crippen LogP contribution < -0.4 is 21.9 Å². The van der Waals surface area contributed by atoms with E-state index in [1.807, 2.05) is 0 Å². The topological polar surface area (TPSA) is 272 Å². The monoisotopic (exact) mass is 659 g/mol. The number of nitrogens with two attached hydrogens (primary N) is 1. The van der Waals surface area contributed by atoms with Crippen LogP contribution in [0, 0.1) is 0 Å². The van der Waals surface area contributed by atoms with Gasteiger partial charge in [0.05, 0.1) is 35.1 Å². The van der Waals surface area contributed by atoms with Gasteiger partial charge in [0.1, 0.15) is 19.3 Å². The van der Waals surface area contributed by atoms with Crippen molar-refractivity contribution in [2.45, 2.75) is 25.4 Å². The average Bonchev–Trinajstić information content (AvgIpc) is 3.35. The summed E-state index contributed by atoms with van der Waals surface area (Å²) >= 11 is 0. The maximum absolute atomic E-state index is 12.9. The van der Waals surface area contributed by atoms with Gasteiger partial charge in [-0.1, -0.05) is 0 Å². The Morgan fingerprint density at radius 1 is 0.938 bits per heavy atom. The summed E-state index contributed by atoms with van der Waals surface area (Å²) in [5, 5.41) is 14.6. The standard InChI is InChI=1S/C30H25N7O11/c31-30-36-23-22(25(41)37-30)34-17(13-33-23)12-32-16-4-1-14(2-5-16)24(40)35-20(7-8-21(38)39)29(45)47-10-9-46-26(42)15-3-6-18-19(11-15)28(44)48-27(18)43/h1-6,11,13,20,32H,7-10,12H2,(H,35,40)(H,38,39)(H3,31,33,36,37,41). The van der Waals surface area contributed by atoms with Gasteiger partial charge in [-0.3, -0.25) is 19.4 Å². The molecule has 0 fully saturated rings. The number of hydrogen-bond acceptors (Lipinski definition) is 15. The predicted molar refractivity (Wildman–Crippen MR) is 162 cm³/mol. The van der Waals surface area contributed by atoms with Gasteiger partial charge in [-0.05, 0) is 48.9 Å². The lowest BCUT2D eigenvalue weighted by Gasteiger charge is -2.17. The molecule has 0 spiro atoms. The smallest absolute Gasteiger partial charge is 0.346 e. The van der Waals surface area contributed by atoms with E-state index in [0.717, 1.165) is 6.07 Å². The van der Waals surface area contributed by atoms with Gasteiger partial charge in [0.25, 0.3) is 11.5 Å². The van der Waals surface area contributed by atoms with Crippen LogP contribution >= 0.6 is 0 Å². The molecule has 1 aliphatic heterocycles. The van der Waals surface area contributed by atoms with Crippen LogP contribution in [0.25, 0.3) is 11.2 Å². The fraction of sp³-hybridized carbons (Fsp3) is 0.200. The van der Waals surface area contributed by atoms with Crippen molar-refractivity contribution >= 4 is 58.6 Å². The molecule has 2 aromatic carbocycles. The number of esters is 4. The third kappa shape index (κ3) is 7.73. The van der Waals surface area contributed by atoms with Crippen molar-refractivity contribution in [2.24, 2.45) is 0 Å². The second kappa shape index (κ2) is 14.1. The summed E-state index contributed by atoms with van der Waals surface area (Å²) in [6, 6.07) is 8.43. The van der Waals surface area contributed by atoms with Crippen molar-refractivity contribution in [3.63, 3.8) is 0 Å². The van der Waals surface area contributed by atoms with E-state index < -0.39 is 67.0 Å². The molecule has 18 nitrogen and oxygen atoms in total. The Hall–Kier alpha value is -6.72. The minimum Gasteiger partial charge on any atom is -0.481 e. The van der Waals surface area contributed by atoms with Gasteiger partial charge in [0, 0.05) is 17.7 Å². The molecular weight excluding hydrogens is 634 g/mol. The Morgan fingerprint density at radius 2 is 1.65 bits per heavy atom. The molecular formula is C30H25N7O11. The van der Waals surface area contributed by atoms with Crippen LogP contribution in [0.5, 0.6) is 0 Å². The number of carbonyl (C=O) groups excluding carboxylic acids is 5. The molecule has 1 atom stereocenters. The van der Waals surface area contributed by atoms with Crippen LogP contribution in [-0.4, -0.2) is 80.1 Å². The number of H-pyrrole nitrogens is 1. The number of nitrogens with one attached hydrogen (secondary N) is 3. The van der Waals surface area contributed by atoms with E-state index in [1.165, 1.54) is 30.5 Å². The fourth-order valence-corrected chi connectivity index (χ4v) is 4.42. The average molecular weight is 660 g/mol. The van der Waals surface area contributed by atoms with Crippen molar-refractivity contribution in [1.29, 1.82) is 0 Å². The number of anilines is 2. The van der Waals surface area contributed by atoms with E-state index in [-0.39, 0.29) is 52.3 Å². The highest BCUT2D eigenvalue weighted by molar-refractivity contribution is 6.15. The number of fused-ring (bicyclic) bond motifs is 2. The molecule has 1 unspecified atom stereocenters. The highest BCUT2D eigenvalue weighted by atomic mass is 16.6. The zero-order valence-corrected chi connectivity index (χ0v) is 24.7. The Balaban J connectivity index is 1.12. The number of aliphatic carboxylic acids is 1. The SMILES string of the molecule is Nc1nc2ncc(CNc3ccc(C(=O)NC(CCC(=O)O)C(=O)OCCOC(=O)c4ccc5c(c4)C(=O)OC5=O)cc3)nc2c(=O)[nH]1. The second-order valence-corrected chi connectivity index (χ2v) is 10.1. The zero-order valence-electron chi connectivity index (χ0n) is 24.7. The molecule has 0 saturated heterocycles. The van der Waals surface area contributed by atoms with Gasteiger partial charge < -0.3 is 35.7 Å². The molecule has 1 amide bonds. The number of aromatic nitrogens is 4. The first kappa shape index (κ1) is 32.7. The maximum Gasteiger partial charge on any atom is 0.346 e. The van der Waals surface area contributed by atoms with Gasteiger partial charge in [-0.2, -0.15) is 4.98 Å². The van der Waals surface area contributed by atoms with Crippen molar-refractivity contribution in [1.82, 2.24) is 25.3 Å². The summed E-state index contributed by atoms with van der Waals surface area (Å²) in [4.78, 5) is 99.1. The van der Waals surface area contributed by atoms with Crippen molar-refractivity contribution in [3.05, 3.63) is 87.0 Å². The lowest BCUT2D eigenvalue weighted by atomic mass is 10.1. The Bertz CT molecular complexity index is 2010. The van der Waals surface area contributed by atoms with Crippen molar-refractivity contribution < 1.29 is 48.1 Å². The first-order valence-electron chi connectivity index (χ1n) is 14.1. The van der Waals surface area contributed by atoms with Gasteiger partial charge in [-0.25, -0.2) is 29.1 Å². The van der Waals surface area contributed by atoms with E-state index in [4.69, 9.17) is 20.3 Å². The van der Waals surface area contributed by atoms with Crippen LogP contribution in [0.15, 0.2) is 53.5 Å². The van der Waals surface area contributed by atoms with Crippen molar-refractivity contribution in [2.75, 3.05) is 24.3 Å². The van der Waals surface area contributed by atoms with Crippen LogP contribution in [0.1, 0.15) is 60.0 Å². The lowest BCUT2D eigenvalue weighted by molar-refractivity contribution is -0.147. The zero-order chi connectivity index (χ0) is 34.4. The molecule has 1 aliphatic rings. The molecule has 4 aromatic rings. The summed E-state index contributed by atoms with van der Waals surface area (Å²) in [6.07, 6.45) is 0.704. The number of rotatable bonds is 13. The molecule has 0 radical (unpaired) electrons. The highest BCUT2D eigenvalue weighted by Gasteiger charge is 2.30. The number of nitrogen functional groups attached to an aromatic ring is 1. The molecule has 18 heteroatoms. The van der Waals surface area contributed by atoms with Gasteiger partial charge in [0.2, 0.25) is 5.95 Å². The van der Waals surface area contributed by atoms with Crippen LogP contribution in [0.2, 0.25) is 0 Å². The summed E-state index contributed by atoms with van der Waals surface area (Å²) < 4.78 is 14.6. The minimum absolute atomic E-state index is 0.0181. The Morgan fingerprint density at radius 3 is 2.40 bits per heavy atom. The number of ether oxygens (including phenoxy) is 3. The molecule has 0 saturated carbocycles.